The van der Waals surface area contributed by atoms with Gasteiger partial charge in [-0.05, 0) is 0 Å². The molecule has 2 heterocycles. The predicted molar refractivity (Wildman–Crippen MR) is 81.1 cm³/mol. The molecule has 2 rings (SSSR count). The Morgan fingerprint density at radius 1 is 1.35 bits per heavy atom. The average molecular weight is 334 g/mol. The van der Waals surface area contributed by atoms with E-state index in [-0.39, 0.29) is 4.58 Å². The van der Waals surface area contributed by atoms with E-state index in [9.17, 15) is 9.90 Å². The first-order valence-electron chi connectivity index (χ1n) is 5.73. The molecule has 1 saturated heterocycles. The molecule has 1 aromatic rings. The normalized spacial score (nSPS) is 16.9. The van der Waals surface area contributed by atoms with Crippen molar-refractivity contribution < 1.29 is 19.4 Å². The molecule has 0 radical (unpaired) electrons. The van der Waals surface area contributed by atoms with Crippen LogP contribution in [0, 0.1) is 0 Å². The van der Waals surface area contributed by atoms with E-state index in [0.717, 1.165) is 23.3 Å². The van der Waals surface area contributed by atoms with Gasteiger partial charge >= 0.3 is 5.97 Å². The minimum Gasteiger partial charge on any atom is -0.481 e. The molecule has 110 valence electrons. The number of carboxylic acids is 1. The van der Waals surface area contributed by atoms with E-state index in [1.807, 2.05) is 0 Å². The van der Waals surface area contributed by atoms with Crippen molar-refractivity contribution in [1.82, 2.24) is 9.97 Å². The number of aromatic nitrogens is 2. The molecular weight excluding hydrogens is 320 g/mol. The van der Waals surface area contributed by atoms with E-state index in [1.54, 1.807) is 29.6 Å². The molecule has 1 aliphatic rings. The van der Waals surface area contributed by atoms with Crippen LogP contribution in [0.5, 0.6) is 11.8 Å². The van der Waals surface area contributed by atoms with E-state index in [2.05, 4.69) is 9.97 Å². The van der Waals surface area contributed by atoms with Crippen molar-refractivity contribution >= 4 is 41.3 Å². The minimum absolute atomic E-state index is 0.0123. The van der Waals surface area contributed by atoms with Crippen molar-refractivity contribution in [3.05, 3.63) is 6.07 Å². The van der Waals surface area contributed by atoms with E-state index in [4.69, 9.17) is 9.47 Å². The topological polar surface area (TPSA) is 81.5 Å². The highest BCUT2D eigenvalue weighted by molar-refractivity contribution is 8.21. The molecule has 0 spiro atoms. The van der Waals surface area contributed by atoms with Gasteiger partial charge in [-0.1, -0.05) is 11.8 Å². The van der Waals surface area contributed by atoms with E-state index < -0.39 is 11.2 Å². The maximum absolute atomic E-state index is 11.4. The highest BCUT2D eigenvalue weighted by Gasteiger charge is 2.33. The Morgan fingerprint density at radius 3 is 2.35 bits per heavy atom. The zero-order chi connectivity index (χ0) is 14.5. The molecule has 1 aromatic heterocycles. The third-order valence-electron chi connectivity index (χ3n) is 2.45. The van der Waals surface area contributed by atoms with Gasteiger partial charge in [0.1, 0.15) is 5.25 Å². The van der Waals surface area contributed by atoms with Gasteiger partial charge in [-0.15, -0.1) is 23.5 Å². The summed E-state index contributed by atoms with van der Waals surface area (Å²) in [6.45, 7) is 0. The first-order chi connectivity index (χ1) is 9.63. The number of aliphatic carboxylic acids is 1. The number of thioether (sulfide) groups is 3. The van der Waals surface area contributed by atoms with Gasteiger partial charge in [-0.25, -0.2) is 0 Å². The smallest absolute Gasteiger partial charge is 0.319 e. The first kappa shape index (κ1) is 15.6. The van der Waals surface area contributed by atoms with Gasteiger partial charge < -0.3 is 14.6 Å². The summed E-state index contributed by atoms with van der Waals surface area (Å²) in [6, 6.07) is 1.55. The SMILES string of the molecule is COc1cc(OC)nc(SC(C(=O)O)C2SCCS2)n1. The number of methoxy groups -OCH3 is 2. The van der Waals surface area contributed by atoms with Crippen molar-refractivity contribution in [2.45, 2.75) is 15.0 Å². The molecule has 0 aromatic carbocycles. The van der Waals surface area contributed by atoms with Crippen molar-refractivity contribution in [3.63, 3.8) is 0 Å². The second kappa shape index (κ2) is 7.28. The maximum Gasteiger partial charge on any atom is 0.319 e. The van der Waals surface area contributed by atoms with Crippen molar-refractivity contribution in [3.8, 4) is 11.8 Å². The Kier molecular flexibility index (Phi) is 5.67. The summed E-state index contributed by atoms with van der Waals surface area (Å²) in [6.07, 6.45) is 0. The van der Waals surface area contributed by atoms with Gasteiger partial charge in [-0.2, -0.15) is 9.97 Å². The number of rotatable bonds is 6. The van der Waals surface area contributed by atoms with Crippen LogP contribution in [-0.4, -0.2) is 56.6 Å². The minimum atomic E-state index is -0.854. The summed E-state index contributed by atoms with van der Waals surface area (Å²) in [7, 11) is 2.99. The summed E-state index contributed by atoms with van der Waals surface area (Å²) in [5.41, 5.74) is 0. The van der Waals surface area contributed by atoms with Crippen LogP contribution in [0.2, 0.25) is 0 Å². The zero-order valence-corrected chi connectivity index (χ0v) is 13.4. The third-order valence-corrected chi connectivity index (χ3v) is 7.07. The Labute approximate surface area is 129 Å². The number of hydrogen-bond acceptors (Lipinski definition) is 8. The zero-order valence-electron chi connectivity index (χ0n) is 10.9. The fourth-order valence-electron chi connectivity index (χ4n) is 1.53. The molecule has 1 aliphatic heterocycles. The van der Waals surface area contributed by atoms with Crippen LogP contribution in [-0.2, 0) is 4.79 Å². The predicted octanol–water partition coefficient (Wildman–Crippen LogP) is 1.85. The molecule has 1 unspecified atom stereocenters. The highest BCUT2D eigenvalue weighted by Crippen LogP contribution is 2.41. The second-order valence-corrected chi connectivity index (χ2v) is 7.63. The van der Waals surface area contributed by atoms with Crippen LogP contribution in [0.25, 0.3) is 0 Å². The summed E-state index contributed by atoms with van der Waals surface area (Å²) in [5, 5.41) is 9.14. The van der Waals surface area contributed by atoms with Gasteiger partial charge in [0.15, 0.2) is 5.16 Å². The lowest BCUT2D eigenvalue weighted by Gasteiger charge is -2.16. The van der Waals surface area contributed by atoms with Crippen molar-refractivity contribution in [2.75, 3.05) is 25.7 Å². The molecule has 0 bridgehead atoms. The molecular formula is C11H14N2O4S3. The fraction of sp³-hybridized carbons (Fsp3) is 0.545. The van der Waals surface area contributed by atoms with E-state index >= 15 is 0 Å². The molecule has 20 heavy (non-hydrogen) atoms. The standard InChI is InChI=1S/C11H14N2O4S3/c1-16-6-5-7(17-2)13-11(12-6)20-8(9(14)15)10-18-3-4-19-10/h5,8,10H,3-4H2,1-2H3,(H,14,15). The molecule has 0 amide bonds. The molecule has 1 fully saturated rings. The lowest BCUT2D eigenvalue weighted by atomic mass is 10.5. The van der Waals surface area contributed by atoms with Gasteiger partial charge in [0.25, 0.3) is 0 Å². The van der Waals surface area contributed by atoms with Crippen LogP contribution in [0.4, 0.5) is 0 Å². The summed E-state index contributed by atoms with van der Waals surface area (Å²) >= 11 is 4.45. The van der Waals surface area contributed by atoms with Crippen molar-refractivity contribution in [2.24, 2.45) is 0 Å². The molecule has 1 N–H and O–H groups in total. The highest BCUT2D eigenvalue weighted by atomic mass is 32.2. The third kappa shape index (κ3) is 3.86. The number of nitrogens with zero attached hydrogens (tertiary/aromatic N) is 2. The summed E-state index contributed by atoms with van der Waals surface area (Å²) < 4.78 is 10.1. The average Bonchev–Trinajstić information content (AvgIpc) is 2.97. The molecule has 1 atom stereocenters. The number of carbonyl (C=O) groups is 1. The van der Waals surface area contributed by atoms with Gasteiger partial charge in [0.05, 0.1) is 24.9 Å². The largest absolute Gasteiger partial charge is 0.481 e. The molecule has 6 nitrogen and oxygen atoms in total. The van der Waals surface area contributed by atoms with Gasteiger partial charge in [-0.3, -0.25) is 4.79 Å². The van der Waals surface area contributed by atoms with Gasteiger partial charge in [0.2, 0.25) is 11.8 Å². The number of ether oxygens (including phenoxy) is 2. The van der Waals surface area contributed by atoms with Crippen LogP contribution in [0.1, 0.15) is 0 Å². The Bertz CT molecular complexity index is 460. The Balaban J connectivity index is 2.19. The van der Waals surface area contributed by atoms with Crippen LogP contribution in [0.3, 0.4) is 0 Å². The molecule has 0 saturated carbocycles. The monoisotopic (exact) mass is 334 g/mol. The van der Waals surface area contributed by atoms with Crippen molar-refractivity contribution in [1.29, 1.82) is 0 Å². The lowest BCUT2D eigenvalue weighted by molar-refractivity contribution is -0.136. The van der Waals surface area contributed by atoms with Crippen LogP contribution >= 0.6 is 35.3 Å². The molecule has 9 heteroatoms. The lowest BCUT2D eigenvalue weighted by Crippen LogP contribution is -2.25. The van der Waals surface area contributed by atoms with E-state index in [0.29, 0.717) is 16.9 Å². The first-order valence-corrected chi connectivity index (χ1v) is 8.71. The van der Waals surface area contributed by atoms with Crippen LogP contribution < -0.4 is 9.47 Å². The summed E-state index contributed by atoms with van der Waals surface area (Å²) in [5.74, 6) is 1.81. The fourth-order valence-corrected chi connectivity index (χ4v) is 5.84. The number of hydrogen-bond donors (Lipinski definition) is 1. The second-order valence-electron chi connectivity index (χ2n) is 3.72. The van der Waals surface area contributed by atoms with Gasteiger partial charge in [0, 0.05) is 11.5 Å². The Morgan fingerprint density at radius 2 is 1.90 bits per heavy atom. The Hall–Kier alpha value is -0.800. The van der Waals surface area contributed by atoms with E-state index in [1.165, 1.54) is 14.2 Å². The summed E-state index contributed by atoms with van der Waals surface area (Å²) in [4.78, 5) is 19.8. The number of carboxylic acid groups (broad SMARTS) is 1. The maximum atomic E-state index is 11.4. The molecule has 0 aliphatic carbocycles. The van der Waals surface area contributed by atoms with Crippen LogP contribution in [0.15, 0.2) is 11.2 Å². The quantitative estimate of drug-likeness (QED) is 0.619.